The summed E-state index contributed by atoms with van der Waals surface area (Å²) in [6.07, 6.45) is 10.8. The van der Waals surface area contributed by atoms with Gasteiger partial charge in [-0.05, 0) is 84.6 Å². The van der Waals surface area contributed by atoms with E-state index in [2.05, 4.69) is 30.6 Å². The number of benzene rings is 3. The minimum atomic E-state index is -1.37. The minimum absolute atomic E-state index is 0.0911. The maximum atomic E-state index is 14.4. The van der Waals surface area contributed by atoms with Crippen LogP contribution in [0.4, 0.5) is 4.79 Å². The number of hydrogen-bond acceptors (Lipinski definition) is 10. The van der Waals surface area contributed by atoms with Crippen molar-refractivity contribution in [3.05, 3.63) is 120 Å². The topological polar surface area (TPSA) is 141 Å². The van der Waals surface area contributed by atoms with E-state index in [9.17, 15) is 15.0 Å². The van der Waals surface area contributed by atoms with Gasteiger partial charge in [0.1, 0.15) is 30.8 Å². The standard InChI is InChI=1S/C47H57N3O9/c1-4-23-54-35-18-20-40-38(27-35)44-36(16-10-12-22-52)34(15-9-11-21-51)26-37-39(49-58-30-32-13-7-6-8-14-32)28-43(47(59-40,45(37)44)57-24-5-2)50(3)46(53)48-29-33-17-19-41-42(25-33)56-31-55-41/h4-8,13-14,17-20,25-27,34,36,43-45,51-52H,1-2,9-12,15-16,21-24,28-31H2,3H3,(H,48,53)/t34-,36+,43-,44+,45+,47+/m0/s1. The number of carbonyl (C=O) groups is 1. The summed E-state index contributed by atoms with van der Waals surface area (Å²) in [5.41, 5.74) is 4.52. The van der Waals surface area contributed by atoms with E-state index in [1.165, 1.54) is 0 Å². The lowest BCUT2D eigenvalue weighted by atomic mass is 9.55. The zero-order valence-electron chi connectivity index (χ0n) is 33.9. The van der Waals surface area contributed by atoms with Crippen molar-refractivity contribution in [2.75, 3.05) is 40.3 Å². The molecule has 3 N–H and O–H groups in total. The number of unbranched alkanes of at least 4 members (excludes halogenated alkanes) is 2. The minimum Gasteiger partial charge on any atom is -0.490 e. The number of oxime groups is 1. The predicted molar refractivity (Wildman–Crippen MR) is 224 cm³/mol. The summed E-state index contributed by atoms with van der Waals surface area (Å²) in [7, 11) is 1.77. The average molecular weight is 808 g/mol. The Bertz CT molecular complexity index is 1990. The Balaban J connectivity index is 1.34. The number of allylic oxidation sites excluding steroid dienone is 1. The molecule has 7 rings (SSSR count). The molecular formula is C47H57N3O9. The fourth-order valence-corrected chi connectivity index (χ4v) is 9.23. The zero-order chi connectivity index (χ0) is 41.2. The maximum absolute atomic E-state index is 14.4. The lowest BCUT2D eigenvalue weighted by molar-refractivity contribution is -0.252. The van der Waals surface area contributed by atoms with Gasteiger partial charge in [0.05, 0.1) is 18.2 Å². The van der Waals surface area contributed by atoms with Crippen molar-refractivity contribution in [3.63, 3.8) is 0 Å². The largest absolute Gasteiger partial charge is 0.490 e. The summed E-state index contributed by atoms with van der Waals surface area (Å²) in [6.45, 7) is 9.29. The Hall–Kier alpha value is -5.30. The highest BCUT2D eigenvalue weighted by Crippen LogP contribution is 2.61. The first kappa shape index (κ1) is 41.8. The molecule has 0 saturated heterocycles. The van der Waals surface area contributed by atoms with E-state index in [4.69, 9.17) is 33.7 Å². The molecule has 12 heteroatoms. The van der Waals surface area contributed by atoms with Gasteiger partial charge < -0.3 is 49.0 Å². The van der Waals surface area contributed by atoms with Crippen molar-refractivity contribution < 1.29 is 43.5 Å². The molecule has 0 aromatic heterocycles. The molecule has 2 heterocycles. The molecule has 0 radical (unpaired) electrons. The number of fused-ring (bicyclic) bond motifs is 3. The van der Waals surface area contributed by atoms with E-state index in [1.807, 2.05) is 60.7 Å². The molecule has 1 saturated carbocycles. The highest BCUT2D eigenvalue weighted by atomic mass is 16.7. The summed E-state index contributed by atoms with van der Waals surface area (Å²) in [5, 5.41) is 27.7. The number of nitrogens with one attached hydrogen (secondary N) is 1. The second-order valence-electron chi connectivity index (χ2n) is 15.6. The van der Waals surface area contributed by atoms with Crippen LogP contribution in [0.5, 0.6) is 23.0 Å². The Labute approximate surface area is 347 Å². The molecule has 0 unspecified atom stereocenters. The molecule has 2 aliphatic heterocycles. The first-order chi connectivity index (χ1) is 28.9. The highest BCUT2D eigenvalue weighted by molar-refractivity contribution is 6.03. The van der Waals surface area contributed by atoms with E-state index in [0.29, 0.717) is 42.4 Å². The van der Waals surface area contributed by atoms with Gasteiger partial charge in [0.2, 0.25) is 12.6 Å². The van der Waals surface area contributed by atoms with Gasteiger partial charge in [-0.25, -0.2) is 4.79 Å². The molecule has 3 aromatic rings. The molecule has 4 aliphatic rings. The van der Waals surface area contributed by atoms with Gasteiger partial charge in [0.15, 0.2) is 11.5 Å². The molecule has 59 heavy (non-hydrogen) atoms. The van der Waals surface area contributed by atoms with Crippen molar-refractivity contribution in [2.24, 2.45) is 22.9 Å². The van der Waals surface area contributed by atoms with Crippen LogP contribution >= 0.6 is 0 Å². The summed E-state index contributed by atoms with van der Waals surface area (Å²) in [5.74, 6) is 0.904. The second kappa shape index (κ2) is 19.6. The predicted octanol–water partition coefficient (Wildman–Crippen LogP) is 7.66. The molecule has 2 amide bonds. The van der Waals surface area contributed by atoms with Crippen LogP contribution in [-0.4, -0.2) is 79.0 Å². The quantitative estimate of drug-likeness (QED) is 0.0597. The van der Waals surface area contributed by atoms with Gasteiger partial charge in [-0.1, -0.05) is 79.2 Å². The molecule has 12 nitrogen and oxygen atoms in total. The smallest absolute Gasteiger partial charge is 0.317 e. The van der Waals surface area contributed by atoms with Crippen LogP contribution in [-0.2, 0) is 22.7 Å². The third kappa shape index (κ3) is 9.15. The van der Waals surface area contributed by atoms with E-state index < -0.39 is 17.7 Å². The van der Waals surface area contributed by atoms with Crippen molar-refractivity contribution in [3.8, 4) is 23.0 Å². The van der Waals surface area contributed by atoms with E-state index in [-0.39, 0.29) is 70.0 Å². The van der Waals surface area contributed by atoms with Gasteiger partial charge in [-0.2, -0.15) is 0 Å². The van der Waals surface area contributed by atoms with Crippen molar-refractivity contribution in [1.82, 2.24) is 10.2 Å². The van der Waals surface area contributed by atoms with Crippen molar-refractivity contribution >= 4 is 11.7 Å². The van der Waals surface area contributed by atoms with E-state index in [0.717, 1.165) is 53.7 Å². The van der Waals surface area contributed by atoms with Crippen LogP contribution in [0.15, 0.2) is 109 Å². The molecule has 2 aliphatic carbocycles. The van der Waals surface area contributed by atoms with Crippen LogP contribution in [0.3, 0.4) is 0 Å². The molecular weight excluding hydrogens is 751 g/mol. The highest BCUT2D eigenvalue weighted by Gasteiger charge is 2.65. The number of aliphatic hydroxyl groups is 2. The van der Waals surface area contributed by atoms with Crippen LogP contribution < -0.4 is 24.3 Å². The van der Waals surface area contributed by atoms with E-state index in [1.54, 1.807) is 24.1 Å². The van der Waals surface area contributed by atoms with Crippen LogP contribution in [0.25, 0.3) is 0 Å². The lowest BCUT2D eigenvalue weighted by Gasteiger charge is -2.59. The lowest BCUT2D eigenvalue weighted by Crippen LogP contribution is -2.70. The number of amides is 2. The average Bonchev–Trinajstić information content (AvgIpc) is 3.74. The summed E-state index contributed by atoms with van der Waals surface area (Å²) in [4.78, 5) is 22.2. The summed E-state index contributed by atoms with van der Waals surface area (Å²) < 4.78 is 31.4. The molecule has 0 bridgehead atoms. The zero-order valence-corrected chi connectivity index (χ0v) is 33.9. The van der Waals surface area contributed by atoms with Gasteiger partial charge in [0.25, 0.3) is 0 Å². The van der Waals surface area contributed by atoms with Gasteiger partial charge >= 0.3 is 6.03 Å². The fourth-order valence-electron chi connectivity index (χ4n) is 9.23. The first-order valence-electron chi connectivity index (χ1n) is 20.8. The number of hydrogen-bond donors (Lipinski definition) is 3. The number of likely N-dealkylation sites (N-methyl/N-ethyl adjacent to an activating group) is 1. The third-order valence-corrected chi connectivity index (χ3v) is 11.9. The number of rotatable bonds is 20. The summed E-state index contributed by atoms with van der Waals surface area (Å²) >= 11 is 0. The Morgan fingerprint density at radius 3 is 2.47 bits per heavy atom. The van der Waals surface area contributed by atoms with Crippen LogP contribution in [0.2, 0.25) is 0 Å². The van der Waals surface area contributed by atoms with Crippen molar-refractivity contribution in [2.45, 2.75) is 75.8 Å². The SMILES string of the molecule is C=CCOc1ccc2c(c1)[C@H]1[C@H](CCCCO)[C@@H](CCCCO)C=C3C(=NOCc4ccccc4)C[C@H](N(C)C(=O)NCc4ccc5c(c4)OCO5)[C@@](OCC=C)(O2)[C@H]31. The molecule has 314 valence electrons. The summed E-state index contributed by atoms with van der Waals surface area (Å²) in [6, 6.07) is 20.4. The molecule has 1 fully saturated rings. The normalized spacial score (nSPS) is 24.2. The van der Waals surface area contributed by atoms with Crippen LogP contribution in [0.1, 0.15) is 67.6 Å². The number of urea groups is 1. The number of ether oxygens (including phenoxy) is 5. The van der Waals surface area contributed by atoms with Gasteiger partial charge in [-0.3, -0.25) is 0 Å². The molecule has 6 atom stereocenters. The molecule has 3 aromatic carbocycles. The monoisotopic (exact) mass is 807 g/mol. The Kier molecular flexibility index (Phi) is 13.9. The fraction of sp³-hybridized carbons (Fsp3) is 0.447. The first-order valence-corrected chi connectivity index (χ1v) is 20.8. The van der Waals surface area contributed by atoms with E-state index >= 15 is 0 Å². The Morgan fingerprint density at radius 1 is 0.932 bits per heavy atom. The number of carbonyl (C=O) groups excluding carboxylic acids is 1. The Morgan fingerprint density at radius 2 is 1.69 bits per heavy atom. The molecule has 0 spiro atoms. The number of aliphatic hydroxyl groups excluding tert-OH is 2. The maximum Gasteiger partial charge on any atom is 0.317 e. The van der Waals surface area contributed by atoms with Gasteiger partial charge in [-0.15, -0.1) is 6.58 Å². The van der Waals surface area contributed by atoms with Crippen LogP contribution in [0, 0.1) is 17.8 Å². The number of nitrogens with zero attached hydrogens (tertiary/aromatic N) is 2. The van der Waals surface area contributed by atoms with Gasteiger partial charge in [0, 0.05) is 44.7 Å². The second-order valence-corrected chi connectivity index (χ2v) is 15.6. The third-order valence-electron chi connectivity index (χ3n) is 11.9. The van der Waals surface area contributed by atoms with Crippen molar-refractivity contribution in [1.29, 1.82) is 0 Å².